The van der Waals surface area contributed by atoms with Gasteiger partial charge in [0.2, 0.25) is 0 Å². The summed E-state index contributed by atoms with van der Waals surface area (Å²) in [6.45, 7) is 0. The maximum Gasteiger partial charge on any atom is 0.328 e. The van der Waals surface area contributed by atoms with Crippen LogP contribution in [0.2, 0.25) is 0 Å². The maximum atomic E-state index is 12.9. The van der Waals surface area contributed by atoms with E-state index in [1.165, 1.54) is 19.2 Å². The van der Waals surface area contributed by atoms with Gasteiger partial charge in [-0.25, -0.2) is 9.18 Å². The molecule has 0 spiro atoms. The highest BCUT2D eigenvalue weighted by Crippen LogP contribution is 2.13. The minimum Gasteiger partial charge on any atom is -0.467 e. The Morgan fingerprint density at radius 2 is 1.80 bits per heavy atom. The highest BCUT2D eigenvalue weighted by Gasteiger charge is 2.19. The Bertz CT molecular complexity index is 554. The standard InChI is InChI=1S/C16H16FNO2/c1-20-16(19)15(11-12-5-3-2-4-6-12)18-14-9-7-13(17)8-10-14/h2-10,15,18H,11H2,1H3. The largest absolute Gasteiger partial charge is 0.467 e. The fourth-order valence-corrected chi connectivity index (χ4v) is 1.93. The van der Waals surface area contributed by atoms with E-state index in [1.807, 2.05) is 30.3 Å². The van der Waals surface area contributed by atoms with E-state index in [9.17, 15) is 9.18 Å². The molecular weight excluding hydrogens is 257 g/mol. The van der Waals surface area contributed by atoms with Crippen molar-refractivity contribution in [1.29, 1.82) is 0 Å². The molecule has 3 nitrogen and oxygen atoms in total. The SMILES string of the molecule is COC(=O)C(Cc1ccccc1)Nc1ccc(F)cc1. The number of hydrogen-bond donors (Lipinski definition) is 1. The van der Waals surface area contributed by atoms with Crippen molar-refractivity contribution in [1.82, 2.24) is 0 Å². The minimum absolute atomic E-state index is 0.312. The number of carbonyl (C=O) groups excluding carboxylic acids is 1. The molecule has 20 heavy (non-hydrogen) atoms. The van der Waals surface area contributed by atoms with Crippen molar-refractivity contribution >= 4 is 11.7 Å². The molecule has 4 heteroatoms. The minimum atomic E-state index is -0.507. The number of anilines is 1. The van der Waals surface area contributed by atoms with E-state index >= 15 is 0 Å². The highest BCUT2D eigenvalue weighted by molar-refractivity contribution is 5.79. The quantitative estimate of drug-likeness (QED) is 0.851. The van der Waals surface area contributed by atoms with E-state index in [2.05, 4.69) is 5.32 Å². The first-order chi connectivity index (χ1) is 9.69. The third kappa shape index (κ3) is 3.82. The molecule has 0 aromatic heterocycles. The van der Waals surface area contributed by atoms with Gasteiger partial charge < -0.3 is 10.1 Å². The lowest BCUT2D eigenvalue weighted by Gasteiger charge is -2.17. The third-order valence-corrected chi connectivity index (χ3v) is 2.95. The number of hydrogen-bond acceptors (Lipinski definition) is 3. The molecule has 1 atom stereocenters. The van der Waals surface area contributed by atoms with Crippen LogP contribution in [0.25, 0.3) is 0 Å². The van der Waals surface area contributed by atoms with Crippen LogP contribution in [0.3, 0.4) is 0 Å². The fraction of sp³-hybridized carbons (Fsp3) is 0.188. The van der Waals surface area contributed by atoms with E-state index in [0.717, 1.165) is 5.56 Å². The molecule has 0 aliphatic heterocycles. The Kier molecular flexibility index (Phi) is 4.71. The van der Waals surface area contributed by atoms with Gasteiger partial charge in [-0.2, -0.15) is 0 Å². The number of esters is 1. The first-order valence-corrected chi connectivity index (χ1v) is 6.33. The van der Waals surface area contributed by atoms with E-state index in [1.54, 1.807) is 12.1 Å². The van der Waals surface area contributed by atoms with E-state index in [-0.39, 0.29) is 11.8 Å². The Morgan fingerprint density at radius 3 is 2.40 bits per heavy atom. The monoisotopic (exact) mass is 273 g/mol. The Balaban J connectivity index is 2.11. The van der Waals surface area contributed by atoms with E-state index in [0.29, 0.717) is 12.1 Å². The first-order valence-electron chi connectivity index (χ1n) is 6.33. The number of rotatable bonds is 5. The smallest absolute Gasteiger partial charge is 0.328 e. The van der Waals surface area contributed by atoms with Crippen molar-refractivity contribution in [2.75, 3.05) is 12.4 Å². The summed E-state index contributed by atoms with van der Waals surface area (Å²) < 4.78 is 17.7. The second-order valence-electron chi connectivity index (χ2n) is 4.42. The normalized spacial score (nSPS) is 11.7. The van der Waals surface area contributed by atoms with Crippen LogP contribution >= 0.6 is 0 Å². The van der Waals surface area contributed by atoms with Crippen molar-refractivity contribution in [3.63, 3.8) is 0 Å². The van der Waals surface area contributed by atoms with Gasteiger partial charge in [0.1, 0.15) is 11.9 Å². The van der Waals surface area contributed by atoms with Crippen molar-refractivity contribution in [2.45, 2.75) is 12.5 Å². The molecule has 0 amide bonds. The Hall–Kier alpha value is -2.36. The molecule has 0 aliphatic rings. The molecule has 0 fully saturated rings. The number of ether oxygens (including phenoxy) is 1. The number of nitrogens with one attached hydrogen (secondary N) is 1. The highest BCUT2D eigenvalue weighted by atomic mass is 19.1. The molecule has 0 heterocycles. The Morgan fingerprint density at radius 1 is 1.15 bits per heavy atom. The van der Waals surface area contributed by atoms with Gasteiger partial charge in [-0.15, -0.1) is 0 Å². The summed E-state index contributed by atoms with van der Waals surface area (Å²) in [5, 5.41) is 3.06. The summed E-state index contributed by atoms with van der Waals surface area (Å²) in [6, 6.07) is 15.0. The molecule has 2 aromatic rings. The number of methoxy groups -OCH3 is 1. The van der Waals surface area contributed by atoms with Crippen molar-refractivity contribution < 1.29 is 13.9 Å². The molecule has 0 bridgehead atoms. The molecule has 1 N–H and O–H groups in total. The molecule has 0 saturated heterocycles. The molecule has 0 radical (unpaired) electrons. The average molecular weight is 273 g/mol. The van der Waals surface area contributed by atoms with Crippen LogP contribution in [0.1, 0.15) is 5.56 Å². The van der Waals surface area contributed by atoms with Gasteiger partial charge >= 0.3 is 5.97 Å². The molecule has 2 rings (SSSR count). The second kappa shape index (κ2) is 6.70. The molecule has 1 unspecified atom stereocenters. The van der Waals surface area contributed by atoms with Gasteiger partial charge in [-0.3, -0.25) is 0 Å². The fourth-order valence-electron chi connectivity index (χ4n) is 1.93. The van der Waals surface area contributed by atoms with E-state index < -0.39 is 6.04 Å². The lowest BCUT2D eigenvalue weighted by atomic mass is 10.1. The zero-order valence-corrected chi connectivity index (χ0v) is 11.2. The van der Waals surface area contributed by atoms with Crippen molar-refractivity contribution in [3.8, 4) is 0 Å². The summed E-state index contributed by atoms with van der Waals surface area (Å²) in [5.41, 5.74) is 1.70. The molecule has 0 aliphatic carbocycles. The Labute approximate surface area is 117 Å². The van der Waals surface area contributed by atoms with Gasteiger partial charge in [-0.05, 0) is 29.8 Å². The van der Waals surface area contributed by atoms with Gasteiger partial charge in [0, 0.05) is 12.1 Å². The summed E-state index contributed by atoms with van der Waals surface area (Å²) >= 11 is 0. The van der Waals surface area contributed by atoms with Crippen LogP contribution in [0.4, 0.5) is 10.1 Å². The van der Waals surface area contributed by atoms with Crippen LogP contribution < -0.4 is 5.32 Å². The van der Waals surface area contributed by atoms with E-state index in [4.69, 9.17) is 4.74 Å². The van der Waals surface area contributed by atoms with Crippen LogP contribution in [-0.4, -0.2) is 19.1 Å². The number of carbonyl (C=O) groups is 1. The van der Waals surface area contributed by atoms with Crippen molar-refractivity contribution in [3.05, 3.63) is 66.0 Å². The van der Waals surface area contributed by atoms with Crippen LogP contribution in [0.5, 0.6) is 0 Å². The van der Waals surface area contributed by atoms with Gasteiger partial charge in [-0.1, -0.05) is 30.3 Å². The summed E-state index contributed by atoms with van der Waals surface area (Å²) in [7, 11) is 1.35. The predicted molar refractivity (Wildman–Crippen MR) is 76.0 cm³/mol. The second-order valence-corrected chi connectivity index (χ2v) is 4.42. The van der Waals surface area contributed by atoms with Crippen molar-refractivity contribution in [2.24, 2.45) is 0 Å². The van der Waals surface area contributed by atoms with Crippen LogP contribution in [0, 0.1) is 5.82 Å². The topological polar surface area (TPSA) is 38.3 Å². The van der Waals surface area contributed by atoms with Crippen LogP contribution in [0.15, 0.2) is 54.6 Å². The van der Waals surface area contributed by atoms with Crippen LogP contribution in [-0.2, 0) is 16.0 Å². The maximum absolute atomic E-state index is 12.9. The zero-order valence-electron chi connectivity index (χ0n) is 11.2. The first kappa shape index (κ1) is 14.1. The summed E-state index contributed by atoms with van der Waals surface area (Å²) in [5.74, 6) is -0.661. The predicted octanol–water partition coefficient (Wildman–Crippen LogP) is 3.02. The van der Waals surface area contributed by atoms with Gasteiger partial charge in [0.05, 0.1) is 7.11 Å². The average Bonchev–Trinajstić information content (AvgIpc) is 2.49. The number of benzene rings is 2. The molecule has 0 saturated carbocycles. The lowest BCUT2D eigenvalue weighted by Crippen LogP contribution is -2.32. The zero-order chi connectivity index (χ0) is 14.4. The molecule has 104 valence electrons. The molecule has 2 aromatic carbocycles. The van der Waals surface area contributed by atoms with Gasteiger partial charge in [0.25, 0.3) is 0 Å². The van der Waals surface area contributed by atoms with Gasteiger partial charge in [0.15, 0.2) is 0 Å². The summed E-state index contributed by atoms with van der Waals surface area (Å²) in [4.78, 5) is 11.8. The lowest BCUT2D eigenvalue weighted by molar-refractivity contribution is -0.141. The molecular formula is C16H16FNO2. The summed E-state index contributed by atoms with van der Waals surface area (Å²) in [6.07, 6.45) is 0.505. The third-order valence-electron chi connectivity index (χ3n) is 2.95. The number of halogens is 1.